The highest BCUT2D eigenvalue weighted by Gasteiger charge is 2.41. The van der Waals surface area contributed by atoms with Crippen LogP contribution in [0.4, 0.5) is 0 Å². The molecular formula is C10H15N5O7P+. The number of aryl methyl sites for hydroxylation is 1. The van der Waals surface area contributed by atoms with Crippen molar-refractivity contribution in [3.05, 3.63) is 32.6 Å². The molecule has 0 amide bonds. The third kappa shape index (κ3) is 4.29. The van der Waals surface area contributed by atoms with Gasteiger partial charge in [-0.15, -0.1) is 0 Å². The molecule has 12 nitrogen and oxygen atoms in total. The number of H-pyrrole nitrogens is 1. The first-order valence-corrected chi connectivity index (χ1v) is 7.98. The highest BCUT2D eigenvalue weighted by molar-refractivity contribution is 7.46. The number of aromatic nitrogens is 2. The normalized spacial score (nSPS) is 24.4. The number of aromatic amines is 1. The second-order valence-corrected chi connectivity index (χ2v) is 6.15. The van der Waals surface area contributed by atoms with Crippen LogP contribution in [0.2, 0.25) is 0 Å². The fraction of sp³-hybridized carbons (Fsp3) is 0.600. The average Bonchev–Trinajstić information content (AvgIpc) is 2.83. The van der Waals surface area contributed by atoms with Crippen molar-refractivity contribution in [1.82, 2.24) is 14.5 Å². The molecule has 4 N–H and O–H groups in total. The quantitative estimate of drug-likeness (QED) is 0.304. The molecule has 1 fully saturated rings. The van der Waals surface area contributed by atoms with Gasteiger partial charge in [0.2, 0.25) is 4.91 Å². The molecule has 3 atom stereocenters. The van der Waals surface area contributed by atoms with E-state index in [2.05, 4.69) is 19.5 Å². The molecule has 1 aliphatic heterocycles. The Morgan fingerprint density at radius 3 is 2.91 bits per heavy atom. The maximum absolute atomic E-state index is 11.8. The molecule has 126 valence electrons. The van der Waals surface area contributed by atoms with E-state index in [9.17, 15) is 14.2 Å². The van der Waals surface area contributed by atoms with Gasteiger partial charge in [0.05, 0.1) is 6.61 Å². The Kier molecular flexibility index (Phi) is 5.05. The van der Waals surface area contributed by atoms with E-state index in [1.54, 1.807) is 0 Å². The third-order valence-electron chi connectivity index (χ3n) is 3.27. The number of ether oxygens (including phenoxy) is 1. The summed E-state index contributed by atoms with van der Waals surface area (Å²) < 4.78 is 21.8. The maximum Gasteiger partial charge on any atom is 0.469 e. The number of hydrogen-bond donors (Lipinski definition) is 4. The molecule has 1 saturated heterocycles. The van der Waals surface area contributed by atoms with Gasteiger partial charge in [-0.1, -0.05) is 0 Å². The molecule has 0 radical (unpaired) electrons. The van der Waals surface area contributed by atoms with Gasteiger partial charge in [-0.05, 0) is 6.92 Å². The molecule has 0 aliphatic carbocycles. The lowest BCUT2D eigenvalue weighted by molar-refractivity contribution is -0.0271. The van der Waals surface area contributed by atoms with E-state index in [4.69, 9.17) is 20.1 Å². The van der Waals surface area contributed by atoms with Crippen LogP contribution in [-0.4, -0.2) is 38.1 Å². The van der Waals surface area contributed by atoms with Gasteiger partial charge in [0.1, 0.15) is 23.0 Å². The molecule has 0 bridgehead atoms. The summed E-state index contributed by atoms with van der Waals surface area (Å²) in [6, 6.07) is -0.719. The summed E-state index contributed by atoms with van der Waals surface area (Å²) in [6.45, 7) is 1.03. The van der Waals surface area contributed by atoms with Gasteiger partial charge in [0.15, 0.2) is 6.04 Å². The van der Waals surface area contributed by atoms with Crippen molar-refractivity contribution >= 4 is 7.82 Å². The second kappa shape index (κ2) is 6.67. The molecule has 2 rings (SSSR count). The molecule has 1 aromatic heterocycles. The minimum Gasteiger partial charge on any atom is -0.350 e. The molecule has 23 heavy (non-hydrogen) atoms. The van der Waals surface area contributed by atoms with Gasteiger partial charge in [0.25, 0.3) is 5.56 Å². The summed E-state index contributed by atoms with van der Waals surface area (Å²) in [5.41, 5.74) is 5.86. The van der Waals surface area contributed by atoms with E-state index in [1.807, 2.05) is 0 Å². The summed E-state index contributed by atoms with van der Waals surface area (Å²) in [5.74, 6) is 0. The SMILES string of the molecule is Cc1cn(C2CC(N=[N+]=N)C(COP(=O)(O)O)O2)c(=O)[nH]c1=O. The second-order valence-electron chi connectivity index (χ2n) is 4.91. The summed E-state index contributed by atoms with van der Waals surface area (Å²) >= 11 is 0. The number of hydrogen-bond acceptors (Lipinski definition) is 7. The van der Waals surface area contributed by atoms with Crippen LogP contribution in [0.25, 0.3) is 0 Å². The smallest absolute Gasteiger partial charge is 0.350 e. The van der Waals surface area contributed by atoms with Crippen LogP contribution in [0, 0.1) is 12.5 Å². The number of nitrogens with zero attached hydrogens (tertiary/aromatic N) is 3. The van der Waals surface area contributed by atoms with Crippen molar-refractivity contribution in [3.8, 4) is 0 Å². The monoisotopic (exact) mass is 348 g/mol. The van der Waals surface area contributed by atoms with Crippen molar-refractivity contribution in [3.63, 3.8) is 0 Å². The summed E-state index contributed by atoms with van der Waals surface area (Å²) in [6.07, 6.45) is -0.296. The molecule has 0 aromatic carbocycles. The van der Waals surface area contributed by atoms with E-state index >= 15 is 0 Å². The van der Waals surface area contributed by atoms with Gasteiger partial charge in [-0.25, -0.2) is 9.36 Å². The van der Waals surface area contributed by atoms with Crippen LogP contribution >= 0.6 is 7.82 Å². The molecule has 1 aliphatic rings. The molecule has 1 aromatic rings. The Hall–Kier alpha value is -1.94. The molecule has 13 heteroatoms. The van der Waals surface area contributed by atoms with Gasteiger partial charge in [-0.2, -0.15) is 0 Å². The Labute approximate surface area is 128 Å². The Morgan fingerprint density at radius 1 is 1.61 bits per heavy atom. The minimum atomic E-state index is -4.69. The molecule has 3 unspecified atom stereocenters. The number of rotatable bonds is 5. The van der Waals surface area contributed by atoms with Crippen molar-refractivity contribution in [2.75, 3.05) is 6.61 Å². The number of phosphoric acid groups is 1. The van der Waals surface area contributed by atoms with Gasteiger partial charge >= 0.3 is 13.5 Å². The van der Waals surface area contributed by atoms with E-state index in [1.165, 1.54) is 13.1 Å². The van der Waals surface area contributed by atoms with E-state index < -0.39 is 44.1 Å². The maximum atomic E-state index is 11.8. The van der Waals surface area contributed by atoms with Gasteiger partial charge in [-0.3, -0.25) is 18.9 Å². The first-order valence-electron chi connectivity index (χ1n) is 6.45. The van der Waals surface area contributed by atoms with E-state index in [0.717, 1.165) is 4.57 Å². The first-order chi connectivity index (χ1) is 10.7. The van der Waals surface area contributed by atoms with Gasteiger partial charge < -0.3 is 14.5 Å². The lowest BCUT2D eigenvalue weighted by atomic mass is 10.1. The summed E-state index contributed by atoms with van der Waals surface area (Å²) in [7, 11) is -4.69. The van der Waals surface area contributed by atoms with E-state index in [-0.39, 0.29) is 6.42 Å². The molecule has 2 heterocycles. The predicted molar refractivity (Wildman–Crippen MR) is 73.7 cm³/mol. The Bertz CT molecular complexity index is 792. The Morgan fingerprint density at radius 2 is 2.30 bits per heavy atom. The highest BCUT2D eigenvalue weighted by Crippen LogP contribution is 2.38. The lowest BCUT2D eigenvalue weighted by Crippen LogP contribution is -2.33. The van der Waals surface area contributed by atoms with Crippen molar-refractivity contribution < 1.29 is 23.6 Å². The zero-order valence-corrected chi connectivity index (χ0v) is 12.8. The highest BCUT2D eigenvalue weighted by atomic mass is 31.2. The van der Waals surface area contributed by atoms with Crippen LogP contribution in [0.5, 0.6) is 0 Å². The fourth-order valence-corrected chi connectivity index (χ4v) is 2.54. The first kappa shape index (κ1) is 17.4. The molecule has 0 saturated carbocycles. The minimum absolute atomic E-state index is 0.128. The summed E-state index contributed by atoms with van der Waals surface area (Å²) in [4.78, 5) is 45.7. The van der Waals surface area contributed by atoms with Crippen LogP contribution in [0.1, 0.15) is 18.2 Å². The zero-order valence-electron chi connectivity index (χ0n) is 11.9. The average molecular weight is 348 g/mol. The topological polar surface area (TPSA) is 181 Å². The van der Waals surface area contributed by atoms with Crippen molar-refractivity contribution in [1.29, 1.82) is 5.53 Å². The van der Waals surface area contributed by atoms with Gasteiger partial charge in [0, 0.05) is 18.2 Å². The third-order valence-corrected chi connectivity index (χ3v) is 3.76. The zero-order chi connectivity index (χ0) is 17.2. The van der Waals surface area contributed by atoms with Crippen LogP contribution in [0.15, 0.2) is 20.9 Å². The Balaban J connectivity index is 2.24. The van der Waals surface area contributed by atoms with Crippen molar-refractivity contribution in [2.45, 2.75) is 31.7 Å². The number of phosphoric ester groups is 1. The fourth-order valence-electron chi connectivity index (χ4n) is 2.20. The lowest BCUT2D eigenvalue weighted by Gasteiger charge is -2.16. The van der Waals surface area contributed by atoms with E-state index in [0.29, 0.717) is 5.56 Å². The molecule has 0 spiro atoms. The van der Waals surface area contributed by atoms with Crippen LogP contribution in [0.3, 0.4) is 0 Å². The van der Waals surface area contributed by atoms with Crippen LogP contribution < -0.4 is 16.2 Å². The molecular weight excluding hydrogens is 333 g/mol. The summed E-state index contributed by atoms with van der Waals surface area (Å²) in [5, 5.41) is 3.60. The standard InChI is InChI=1S/C10H14N5O7P/c1-5-3-15(10(17)12-9(5)16)8-2-6(13-14-11)7(22-8)4-21-23(18,19)20/h3,6-8,11H,2,4H2,1H3,(H2-,12,16,17,18,19,20)/p+1. The number of nitrogens with one attached hydrogen (secondary N) is 2. The van der Waals surface area contributed by atoms with Crippen LogP contribution in [-0.2, 0) is 13.8 Å². The predicted octanol–water partition coefficient (Wildman–Crippen LogP) is -0.839. The van der Waals surface area contributed by atoms with Crippen molar-refractivity contribution in [2.24, 2.45) is 5.11 Å². The largest absolute Gasteiger partial charge is 0.469 e.